The lowest BCUT2D eigenvalue weighted by molar-refractivity contribution is -0.123. The van der Waals surface area contributed by atoms with Crippen LogP contribution in [0.4, 0.5) is 4.79 Å². The van der Waals surface area contributed by atoms with Crippen LogP contribution in [0.2, 0.25) is 5.02 Å². The van der Waals surface area contributed by atoms with Gasteiger partial charge in [-0.1, -0.05) is 29.8 Å². The second-order valence-electron chi connectivity index (χ2n) is 11.2. The van der Waals surface area contributed by atoms with Crippen molar-refractivity contribution in [3.05, 3.63) is 81.3 Å². The number of nitrogens with zero attached hydrogens (tertiary/aromatic N) is 4. The normalized spacial score (nSPS) is 18.7. The van der Waals surface area contributed by atoms with Crippen LogP contribution in [-0.4, -0.2) is 68.9 Å². The van der Waals surface area contributed by atoms with E-state index in [9.17, 15) is 19.2 Å². The molecule has 3 heterocycles. The Hall–Kier alpha value is -4.29. The maximum Gasteiger partial charge on any atom is 0.326 e. The minimum absolute atomic E-state index is 0.102. The molecule has 43 heavy (non-hydrogen) atoms. The number of rotatable bonds is 7. The van der Waals surface area contributed by atoms with Gasteiger partial charge in [0.2, 0.25) is 11.8 Å². The first-order valence-corrected chi connectivity index (χ1v) is 14.8. The van der Waals surface area contributed by atoms with Gasteiger partial charge in [-0.3, -0.25) is 24.3 Å². The molecule has 11 nitrogen and oxygen atoms in total. The molecule has 0 bridgehead atoms. The number of aliphatic imine (C=N–C) groups is 1. The van der Waals surface area contributed by atoms with E-state index in [2.05, 4.69) is 9.69 Å². The minimum atomic E-state index is -0.743. The fourth-order valence-corrected chi connectivity index (χ4v) is 5.87. The lowest BCUT2D eigenvalue weighted by Gasteiger charge is -2.35. The van der Waals surface area contributed by atoms with Crippen molar-refractivity contribution in [3.8, 4) is 5.75 Å². The predicted octanol–water partition coefficient (Wildman–Crippen LogP) is 4.13. The Labute approximate surface area is 257 Å². The molecule has 2 aromatic carbocycles. The molecule has 1 aromatic heterocycles. The van der Waals surface area contributed by atoms with Gasteiger partial charge in [0, 0.05) is 29.9 Å². The molecule has 2 aliphatic rings. The summed E-state index contributed by atoms with van der Waals surface area (Å²) in [6.07, 6.45) is 1.21. The monoisotopic (exact) mass is 622 g/mol. The number of amidine groups is 1. The highest BCUT2D eigenvalue weighted by Crippen LogP contribution is 2.46. The van der Waals surface area contributed by atoms with Crippen LogP contribution in [0.5, 0.6) is 5.75 Å². The van der Waals surface area contributed by atoms with Crippen molar-refractivity contribution in [3.63, 3.8) is 0 Å². The molecular weight excluding hydrogens is 592 g/mol. The summed E-state index contributed by atoms with van der Waals surface area (Å²) in [7, 11) is 0. The van der Waals surface area contributed by atoms with Crippen LogP contribution >= 0.6 is 23.1 Å². The number of ether oxygens (including phenoxy) is 1. The van der Waals surface area contributed by atoms with Gasteiger partial charge < -0.3 is 20.7 Å². The zero-order valence-electron chi connectivity index (χ0n) is 23.9. The number of urea groups is 1. The highest BCUT2D eigenvalue weighted by Gasteiger charge is 2.46. The summed E-state index contributed by atoms with van der Waals surface area (Å²) in [6, 6.07) is 12.3. The highest BCUT2D eigenvalue weighted by atomic mass is 35.5. The Kier molecular flexibility index (Phi) is 8.52. The van der Waals surface area contributed by atoms with Gasteiger partial charge in [-0.25, -0.2) is 9.17 Å². The lowest BCUT2D eigenvalue weighted by atomic mass is 9.98. The molecule has 0 radical (unpaired) electrons. The number of ketones is 1. The van der Waals surface area contributed by atoms with E-state index in [0.29, 0.717) is 35.3 Å². The number of halogens is 1. The molecule has 3 N–H and O–H groups in total. The Morgan fingerprint density at radius 3 is 2.51 bits per heavy atom. The lowest BCUT2D eigenvalue weighted by Crippen LogP contribution is -2.55. The summed E-state index contributed by atoms with van der Waals surface area (Å²) >= 11 is 7.45. The Morgan fingerprint density at radius 1 is 1.14 bits per heavy atom. The van der Waals surface area contributed by atoms with E-state index in [0.717, 1.165) is 10.4 Å². The molecule has 0 spiro atoms. The molecule has 2 atom stereocenters. The number of primary amides is 1. The average molecular weight is 623 g/mol. The van der Waals surface area contributed by atoms with Crippen LogP contribution in [0, 0.1) is 0 Å². The fourth-order valence-electron chi connectivity index (χ4n) is 5.03. The summed E-state index contributed by atoms with van der Waals surface area (Å²) in [6.45, 7) is 6.12. The first kappa shape index (κ1) is 30.2. The van der Waals surface area contributed by atoms with Crippen LogP contribution in [0.3, 0.4) is 0 Å². The maximum absolute atomic E-state index is 14.4. The molecule has 2 unspecified atom stereocenters. The van der Waals surface area contributed by atoms with Crippen molar-refractivity contribution in [2.45, 2.75) is 44.9 Å². The van der Waals surface area contributed by atoms with Crippen LogP contribution in [0.15, 0.2) is 59.7 Å². The van der Waals surface area contributed by atoms with Crippen molar-refractivity contribution in [1.29, 1.82) is 0 Å². The maximum atomic E-state index is 14.4. The predicted molar refractivity (Wildman–Crippen MR) is 162 cm³/mol. The molecule has 1 saturated heterocycles. The topological polar surface area (TPSA) is 147 Å². The number of nitrogens with two attached hydrogens (primary N) is 1. The summed E-state index contributed by atoms with van der Waals surface area (Å²) in [4.78, 5) is 59.9. The highest BCUT2D eigenvalue weighted by molar-refractivity contribution is 7.05. The zero-order valence-corrected chi connectivity index (χ0v) is 25.4. The standard InChI is InChI=1S/C30H31ClN6O5S/c1-30(2,3)42-22-14-18(21(38)15-24(32)39)6-9-20(22)28-35-26(17-4-7-19(31)8-5-17)27(23-10-11-34-43-23)37(28)29(41)36-13-12-33-25(40)16-36/h4-11,14,26-27H,12-13,15-16H2,1-3H3,(H2,32,39)(H,33,40). The number of Topliss-reactive ketones (excluding diaryl/α,β-unsaturated/α-hetero) is 1. The van der Waals surface area contributed by atoms with Crippen molar-refractivity contribution >= 4 is 52.6 Å². The zero-order chi connectivity index (χ0) is 30.9. The number of hydrogen-bond acceptors (Lipinski definition) is 8. The largest absolute Gasteiger partial charge is 0.487 e. The molecule has 0 aliphatic carbocycles. The second kappa shape index (κ2) is 12.1. The second-order valence-corrected chi connectivity index (χ2v) is 12.5. The van der Waals surface area contributed by atoms with Gasteiger partial charge in [-0.05, 0) is 68.2 Å². The van der Waals surface area contributed by atoms with Crippen LogP contribution in [-0.2, 0) is 9.59 Å². The van der Waals surface area contributed by atoms with E-state index in [1.165, 1.54) is 16.4 Å². The summed E-state index contributed by atoms with van der Waals surface area (Å²) in [5, 5.41) is 3.32. The van der Waals surface area contributed by atoms with Gasteiger partial charge in [-0.2, -0.15) is 0 Å². The molecule has 5 rings (SSSR count). The molecule has 3 aromatic rings. The van der Waals surface area contributed by atoms with E-state index in [1.54, 1.807) is 41.4 Å². The molecule has 0 saturated carbocycles. The van der Waals surface area contributed by atoms with Crippen LogP contribution in [0.1, 0.15) is 65.6 Å². The summed E-state index contributed by atoms with van der Waals surface area (Å²) < 4.78 is 10.6. The number of benzene rings is 2. The molecule has 4 amide bonds. The van der Waals surface area contributed by atoms with Gasteiger partial charge in [0.1, 0.15) is 35.8 Å². The van der Waals surface area contributed by atoms with Gasteiger partial charge >= 0.3 is 6.03 Å². The molecule has 2 aliphatic heterocycles. The summed E-state index contributed by atoms with van der Waals surface area (Å²) in [5.74, 6) is -0.846. The number of aromatic nitrogens is 1. The molecular formula is C30H31ClN6O5S. The Morgan fingerprint density at radius 2 is 1.88 bits per heavy atom. The Balaban J connectivity index is 1.69. The number of nitrogens with one attached hydrogen (secondary N) is 1. The van der Waals surface area contributed by atoms with Crippen molar-refractivity contribution in [2.75, 3.05) is 19.6 Å². The third-order valence-electron chi connectivity index (χ3n) is 6.84. The van der Waals surface area contributed by atoms with Crippen molar-refractivity contribution in [1.82, 2.24) is 19.5 Å². The smallest absolute Gasteiger partial charge is 0.326 e. The van der Waals surface area contributed by atoms with Gasteiger partial charge in [0.15, 0.2) is 5.78 Å². The molecule has 13 heteroatoms. The molecule has 1 fully saturated rings. The van der Waals surface area contributed by atoms with Crippen molar-refractivity contribution < 1.29 is 23.9 Å². The van der Waals surface area contributed by atoms with Crippen LogP contribution < -0.4 is 15.8 Å². The van der Waals surface area contributed by atoms with Crippen molar-refractivity contribution in [2.24, 2.45) is 10.7 Å². The first-order chi connectivity index (χ1) is 20.4. The Bertz CT molecular complexity index is 1590. The van der Waals surface area contributed by atoms with E-state index in [1.807, 2.05) is 39.0 Å². The minimum Gasteiger partial charge on any atom is -0.487 e. The van der Waals surface area contributed by atoms with E-state index in [4.69, 9.17) is 27.1 Å². The third-order valence-corrected chi connectivity index (χ3v) is 7.91. The SMILES string of the molecule is CC(C)(C)Oc1cc(C(=O)CC(N)=O)ccc1C1=NC(c2ccc(Cl)cc2)C(c2ccns2)N1C(=O)N1CCNC(=O)C1. The first-order valence-electron chi connectivity index (χ1n) is 13.6. The fraction of sp³-hybridized carbons (Fsp3) is 0.333. The number of carbonyl (C=O) groups excluding carboxylic acids is 4. The number of piperazine rings is 1. The quantitative estimate of drug-likeness (QED) is 0.299. The average Bonchev–Trinajstić information content (AvgIpc) is 3.60. The van der Waals surface area contributed by atoms with E-state index in [-0.39, 0.29) is 18.0 Å². The number of hydrogen-bond donors (Lipinski definition) is 2. The third kappa shape index (κ3) is 6.70. The number of amides is 4. The summed E-state index contributed by atoms with van der Waals surface area (Å²) in [5.41, 5.74) is 6.10. The molecule has 224 valence electrons. The van der Waals surface area contributed by atoms with E-state index < -0.39 is 41.8 Å². The number of carbonyl (C=O) groups is 4. The van der Waals surface area contributed by atoms with Crippen LogP contribution in [0.25, 0.3) is 0 Å². The van der Waals surface area contributed by atoms with E-state index >= 15 is 0 Å². The van der Waals surface area contributed by atoms with Gasteiger partial charge in [0.25, 0.3) is 0 Å². The van der Waals surface area contributed by atoms with Gasteiger partial charge in [-0.15, -0.1) is 0 Å². The van der Waals surface area contributed by atoms with Gasteiger partial charge in [0.05, 0.1) is 16.9 Å².